The standard InChI is InChI=1S/C23H29FN6O2/c1-12(2)7-19(13(3)25)29-23-18(24)10-17(21(26)31)22(30-23)28-15-8-14-5-6-16(32-4)9-20(14)27-11-15/h5-6,8-13,19H,7,25H2,1-4H3,(H2,26,31)(H2,28,29,30)/t13-,19+/m0/s1. The monoisotopic (exact) mass is 440 g/mol. The molecule has 8 nitrogen and oxygen atoms in total. The molecule has 0 bridgehead atoms. The van der Waals surface area contributed by atoms with Crippen LogP contribution in [0.3, 0.4) is 0 Å². The maximum Gasteiger partial charge on any atom is 0.252 e. The third-order valence-corrected chi connectivity index (χ3v) is 5.08. The normalized spacial score (nSPS) is 13.1. The van der Waals surface area contributed by atoms with Crippen LogP contribution in [0.5, 0.6) is 5.75 Å². The van der Waals surface area contributed by atoms with E-state index in [9.17, 15) is 9.18 Å². The molecule has 0 aliphatic heterocycles. The molecule has 0 saturated heterocycles. The van der Waals surface area contributed by atoms with Crippen LogP contribution in [0.25, 0.3) is 10.9 Å². The summed E-state index contributed by atoms with van der Waals surface area (Å²) in [6.45, 7) is 5.98. The molecule has 32 heavy (non-hydrogen) atoms. The Kier molecular flexibility index (Phi) is 7.09. The SMILES string of the molecule is COc1ccc2cc(Nc3nc(N[C@H](CC(C)C)[C@H](C)N)c(F)cc3C(N)=O)cnc2c1. The third kappa shape index (κ3) is 5.42. The summed E-state index contributed by atoms with van der Waals surface area (Å²) in [4.78, 5) is 20.7. The number of carbonyl (C=O) groups is 1. The number of aromatic nitrogens is 2. The highest BCUT2D eigenvalue weighted by Crippen LogP contribution is 2.27. The molecule has 0 radical (unpaired) electrons. The first-order chi connectivity index (χ1) is 15.2. The van der Waals surface area contributed by atoms with E-state index < -0.39 is 11.7 Å². The summed E-state index contributed by atoms with van der Waals surface area (Å²) >= 11 is 0. The van der Waals surface area contributed by atoms with Crippen molar-refractivity contribution in [3.63, 3.8) is 0 Å². The second-order valence-corrected chi connectivity index (χ2v) is 8.23. The third-order valence-electron chi connectivity index (χ3n) is 5.08. The van der Waals surface area contributed by atoms with Crippen molar-refractivity contribution in [2.75, 3.05) is 17.7 Å². The Morgan fingerprint density at radius 3 is 2.56 bits per heavy atom. The highest BCUT2D eigenvalue weighted by atomic mass is 19.1. The van der Waals surface area contributed by atoms with E-state index in [0.29, 0.717) is 17.4 Å². The number of primary amides is 1. The number of carbonyl (C=O) groups excluding carboxylic acids is 1. The fourth-order valence-corrected chi connectivity index (χ4v) is 3.39. The van der Waals surface area contributed by atoms with Crippen LogP contribution in [0.15, 0.2) is 36.5 Å². The summed E-state index contributed by atoms with van der Waals surface area (Å²) in [5.41, 5.74) is 12.8. The van der Waals surface area contributed by atoms with Gasteiger partial charge in [-0.2, -0.15) is 0 Å². The lowest BCUT2D eigenvalue weighted by atomic mass is 9.99. The smallest absolute Gasteiger partial charge is 0.252 e. The lowest BCUT2D eigenvalue weighted by Gasteiger charge is -2.25. The Morgan fingerprint density at radius 1 is 1.19 bits per heavy atom. The number of methoxy groups -OCH3 is 1. The predicted octanol–water partition coefficient (Wildman–Crippen LogP) is 3.79. The van der Waals surface area contributed by atoms with Crippen molar-refractivity contribution in [2.45, 2.75) is 39.3 Å². The van der Waals surface area contributed by atoms with Crippen LogP contribution < -0.4 is 26.8 Å². The predicted molar refractivity (Wildman–Crippen MR) is 125 cm³/mol. The van der Waals surface area contributed by atoms with E-state index in [1.54, 1.807) is 13.3 Å². The molecule has 3 aromatic rings. The van der Waals surface area contributed by atoms with Crippen molar-refractivity contribution in [3.05, 3.63) is 47.9 Å². The number of hydrogen-bond donors (Lipinski definition) is 4. The second-order valence-electron chi connectivity index (χ2n) is 8.23. The summed E-state index contributed by atoms with van der Waals surface area (Å²) in [7, 11) is 1.59. The van der Waals surface area contributed by atoms with Gasteiger partial charge in [0.15, 0.2) is 11.6 Å². The zero-order valence-corrected chi connectivity index (χ0v) is 18.6. The van der Waals surface area contributed by atoms with E-state index in [0.717, 1.165) is 23.4 Å². The van der Waals surface area contributed by atoms with Gasteiger partial charge in [0.25, 0.3) is 5.91 Å². The number of amides is 1. The Labute approximate surface area is 186 Å². The van der Waals surface area contributed by atoms with Gasteiger partial charge in [0, 0.05) is 23.5 Å². The molecular weight excluding hydrogens is 411 g/mol. The van der Waals surface area contributed by atoms with Gasteiger partial charge in [-0.15, -0.1) is 0 Å². The number of pyridine rings is 2. The van der Waals surface area contributed by atoms with Gasteiger partial charge in [-0.05, 0) is 43.5 Å². The maximum absolute atomic E-state index is 14.7. The van der Waals surface area contributed by atoms with Gasteiger partial charge in [-0.3, -0.25) is 9.78 Å². The van der Waals surface area contributed by atoms with E-state index >= 15 is 0 Å². The average Bonchev–Trinajstić information content (AvgIpc) is 2.74. The van der Waals surface area contributed by atoms with Crippen LogP contribution >= 0.6 is 0 Å². The van der Waals surface area contributed by atoms with Gasteiger partial charge in [-0.25, -0.2) is 9.37 Å². The van der Waals surface area contributed by atoms with E-state index in [2.05, 4.69) is 34.4 Å². The molecule has 1 amide bonds. The lowest BCUT2D eigenvalue weighted by Crippen LogP contribution is -2.39. The lowest BCUT2D eigenvalue weighted by molar-refractivity contribution is 0.100. The largest absolute Gasteiger partial charge is 0.497 e. The van der Waals surface area contributed by atoms with Crippen LogP contribution in [0, 0.1) is 11.7 Å². The number of nitrogens with zero attached hydrogens (tertiary/aromatic N) is 2. The number of nitrogens with one attached hydrogen (secondary N) is 2. The first kappa shape index (κ1) is 23.2. The highest BCUT2D eigenvalue weighted by molar-refractivity contribution is 5.99. The Balaban J connectivity index is 1.96. The van der Waals surface area contributed by atoms with Crippen LogP contribution in [-0.4, -0.2) is 35.1 Å². The van der Waals surface area contributed by atoms with Gasteiger partial charge >= 0.3 is 0 Å². The molecule has 170 valence electrons. The molecule has 0 saturated carbocycles. The van der Waals surface area contributed by atoms with Gasteiger partial charge in [-0.1, -0.05) is 13.8 Å². The summed E-state index contributed by atoms with van der Waals surface area (Å²) < 4.78 is 20.0. The van der Waals surface area contributed by atoms with Gasteiger partial charge in [0.2, 0.25) is 0 Å². The minimum absolute atomic E-state index is 0.000986. The van der Waals surface area contributed by atoms with Crippen LogP contribution in [0.1, 0.15) is 37.6 Å². The van der Waals surface area contributed by atoms with E-state index in [1.165, 1.54) is 0 Å². The van der Waals surface area contributed by atoms with Gasteiger partial charge < -0.3 is 26.8 Å². The summed E-state index contributed by atoms with van der Waals surface area (Å²) in [6, 6.07) is 8.00. The second kappa shape index (κ2) is 9.78. The molecular formula is C23H29FN6O2. The average molecular weight is 441 g/mol. The number of ether oxygens (including phenoxy) is 1. The molecule has 2 heterocycles. The summed E-state index contributed by atoms with van der Waals surface area (Å²) in [5.74, 6) is -0.297. The topological polar surface area (TPSA) is 128 Å². The number of benzene rings is 1. The number of fused-ring (bicyclic) bond motifs is 1. The van der Waals surface area contributed by atoms with E-state index in [4.69, 9.17) is 16.2 Å². The Bertz CT molecular complexity index is 1120. The summed E-state index contributed by atoms with van der Waals surface area (Å²) in [6.07, 6.45) is 2.32. The van der Waals surface area contributed by atoms with Crippen molar-refractivity contribution in [3.8, 4) is 5.75 Å². The van der Waals surface area contributed by atoms with Gasteiger partial charge in [0.05, 0.1) is 30.1 Å². The number of rotatable bonds is 9. The van der Waals surface area contributed by atoms with Crippen molar-refractivity contribution in [1.29, 1.82) is 0 Å². The van der Waals surface area contributed by atoms with Crippen LogP contribution in [-0.2, 0) is 0 Å². The minimum atomic E-state index is -0.796. The number of hydrogen-bond acceptors (Lipinski definition) is 7. The van der Waals surface area contributed by atoms with Crippen molar-refractivity contribution in [2.24, 2.45) is 17.4 Å². The Morgan fingerprint density at radius 2 is 1.94 bits per heavy atom. The van der Waals surface area contributed by atoms with E-state index in [-0.39, 0.29) is 29.3 Å². The van der Waals surface area contributed by atoms with Crippen molar-refractivity contribution >= 4 is 34.1 Å². The van der Waals surface area contributed by atoms with E-state index in [1.807, 2.05) is 31.2 Å². The van der Waals surface area contributed by atoms with Crippen LogP contribution in [0.4, 0.5) is 21.7 Å². The zero-order chi connectivity index (χ0) is 23.4. The molecule has 0 aliphatic rings. The molecule has 9 heteroatoms. The molecule has 1 aromatic carbocycles. The minimum Gasteiger partial charge on any atom is -0.497 e. The van der Waals surface area contributed by atoms with Crippen molar-refractivity contribution < 1.29 is 13.9 Å². The maximum atomic E-state index is 14.7. The number of nitrogens with two attached hydrogens (primary N) is 2. The molecule has 0 unspecified atom stereocenters. The molecule has 2 aromatic heterocycles. The molecule has 0 fully saturated rings. The first-order valence-corrected chi connectivity index (χ1v) is 10.4. The molecule has 0 aliphatic carbocycles. The van der Waals surface area contributed by atoms with Crippen molar-refractivity contribution in [1.82, 2.24) is 9.97 Å². The zero-order valence-electron chi connectivity index (χ0n) is 18.6. The van der Waals surface area contributed by atoms with Gasteiger partial charge in [0.1, 0.15) is 11.6 Å². The molecule has 3 rings (SSSR count). The highest BCUT2D eigenvalue weighted by Gasteiger charge is 2.21. The molecule has 0 spiro atoms. The fourth-order valence-electron chi connectivity index (χ4n) is 3.39. The quantitative estimate of drug-likeness (QED) is 0.398. The van der Waals surface area contributed by atoms with Crippen LogP contribution in [0.2, 0.25) is 0 Å². The fraction of sp³-hybridized carbons (Fsp3) is 0.348. The summed E-state index contributed by atoms with van der Waals surface area (Å²) in [5, 5.41) is 6.97. The number of halogens is 1. The number of anilines is 3. The molecule has 6 N–H and O–H groups in total. The Hall–Kier alpha value is -3.46. The first-order valence-electron chi connectivity index (χ1n) is 10.4. The molecule has 2 atom stereocenters.